The summed E-state index contributed by atoms with van der Waals surface area (Å²) < 4.78 is 0. The zero-order valence-electron chi connectivity index (χ0n) is 14.9. The molecule has 2 N–H and O–H groups in total. The Morgan fingerprint density at radius 1 is 1.04 bits per heavy atom. The van der Waals surface area contributed by atoms with Crippen molar-refractivity contribution in [1.29, 1.82) is 0 Å². The van der Waals surface area contributed by atoms with E-state index in [1.54, 1.807) is 0 Å². The summed E-state index contributed by atoms with van der Waals surface area (Å²) in [7, 11) is 0. The van der Waals surface area contributed by atoms with Crippen LogP contribution in [-0.2, 0) is 0 Å². The number of anilines is 1. The zero-order valence-corrected chi connectivity index (χ0v) is 15.7. The number of hydrogen-bond donors (Lipinski definition) is 2. The molecule has 1 fully saturated rings. The van der Waals surface area contributed by atoms with Crippen molar-refractivity contribution in [3.8, 4) is 0 Å². The molecule has 4 nitrogen and oxygen atoms in total. The van der Waals surface area contributed by atoms with Crippen LogP contribution in [0.5, 0.6) is 0 Å². The van der Waals surface area contributed by atoms with Crippen molar-refractivity contribution in [2.75, 3.05) is 4.90 Å². The van der Waals surface area contributed by atoms with Gasteiger partial charge < -0.3 is 15.2 Å². The summed E-state index contributed by atoms with van der Waals surface area (Å²) in [6.45, 7) is 4.41. The number of H-pyrrole nitrogens is 1. The van der Waals surface area contributed by atoms with Crippen LogP contribution in [0.2, 0.25) is 0 Å². The van der Waals surface area contributed by atoms with E-state index in [1.807, 2.05) is 36.7 Å². The highest BCUT2D eigenvalue weighted by Crippen LogP contribution is 2.40. The Morgan fingerprint density at radius 3 is 2.46 bits per heavy atom. The van der Waals surface area contributed by atoms with Gasteiger partial charge in [-0.3, -0.25) is 4.98 Å². The molecule has 0 radical (unpaired) electrons. The van der Waals surface area contributed by atoms with Crippen LogP contribution >= 0.6 is 12.2 Å². The Labute approximate surface area is 159 Å². The maximum absolute atomic E-state index is 5.71. The smallest absolute Gasteiger partial charge is 0.174 e. The average molecular weight is 363 g/mol. The number of aromatic amines is 1. The summed E-state index contributed by atoms with van der Waals surface area (Å²) in [6, 6.07) is 18.8. The summed E-state index contributed by atoms with van der Waals surface area (Å²) in [6.07, 6.45) is 3.78. The lowest BCUT2D eigenvalue weighted by Crippen LogP contribution is -2.29. The van der Waals surface area contributed by atoms with Crippen molar-refractivity contribution in [3.05, 3.63) is 83.9 Å². The Hall–Kier alpha value is -2.66. The van der Waals surface area contributed by atoms with Crippen molar-refractivity contribution < 1.29 is 0 Å². The number of rotatable bonds is 4. The monoisotopic (exact) mass is 362 g/mol. The average Bonchev–Trinajstić information content (AvgIpc) is 3.30. The van der Waals surface area contributed by atoms with E-state index in [4.69, 9.17) is 12.2 Å². The molecule has 26 heavy (non-hydrogen) atoms. The zero-order chi connectivity index (χ0) is 18.1. The van der Waals surface area contributed by atoms with Crippen molar-refractivity contribution in [2.24, 2.45) is 0 Å². The molecule has 5 heteroatoms. The third kappa shape index (κ3) is 2.99. The van der Waals surface area contributed by atoms with Gasteiger partial charge in [-0.2, -0.15) is 0 Å². The van der Waals surface area contributed by atoms with Gasteiger partial charge in [0.25, 0.3) is 0 Å². The molecule has 0 bridgehead atoms. The molecular formula is C21H22N4S. The molecule has 1 aliphatic heterocycles. The second-order valence-electron chi connectivity index (χ2n) is 6.87. The third-order valence-corrected chi connectivity index (χ3v) is 5.19. The Kier molecular flexibility index (Phi) is 4.47. The fraction of sp³-hybridized carbons (Fsp3) is 0.238. The largest absolute Gasteiger partial charge is 0.363 e. The summed E-state index contributed by atoms with van der Waals surface area (Å²) in [4.78, 5) is 10.1. The molecule has 1 saturated heterocycles. The molecule has 0 amide bonds. The van der Waals surface area contributed by atoms with Gasteiger partial charge in [0, 0.05) is 23.8 Å². The van der Waals surface area contributed by atoms with Gasteiger partial charge in [-0.15, -0.1) is 0 Å². The fourth-order valence-corrected chi connectivity index (χ4v) is 3.84. The van der Waals surface area contributed by atoms with Gasteiger partial charge >= 0.3 is 0 Å². The molecule has 2 atom stereocenters. The topological polar surface area (TPSA) is 44.0 Å². The van der Waals surface area contributed by atoms with Crippen LogP contribution in [0, 0.1) is 0 Å². The van der Waals surface area contributed by atoms with Crippen LogP contribution in [0.3, 0.4) is 0 Å². The minimum absolute atomic E-state index is 0.00729. The van der Waals surface area contributed by atoms with Crippen LogP contribution in [0.25, 0.3) is 0 Å². The Morgan fingerprint density at radius 2 is 1.85 bits per heavy atom. The van der Waals surface area contributed by atoms with Gasteiger partial charge in [-0.05, 0) is 60.1 Å². The number of pyridine rings is 1. The lowest BCUT2D eigenvalue weighted by atomic mass is 10.00. The lowest BCUT2D eigenvalue weighted by molar-refractivity contribution is 0.558. The SMILES string of the molecule is CC(C)c1ccc(N2C(=S)N[C@H](c3ccccn3)[C@H]2c2ccc[nH]2)cc1. The van der Waals surface area contributed by atoms with Crippen LogP contribution < -0.4 is 10.2 Å². The number of hydrogen-bond acceptors (Lipinski definition) is 2. The highest BCUT2D eigenvalue weighted by Gasteiger charge is 2.41. The van der Waals surface area contributed by atoms with Gasteiger partial charge in [0.2, 0.25) is 0 Å². The standard InChI is InChI=1S/C21H22N4S/c1-14(2)15-8-10-16(11-9-15)25-20(18-7-5-13-23-18)19(24-21(25)26)17-6-3-4-12-22-17/h3-14,19-20,23H,1-2H3,(H,24,26)/t19-,20-/m1/s1. The summed E-state index contributed by atoms with van der Waals surface area (Å²) in [5.74, 6) is 0.508. The maximum atomic E-state index is 5.71. The minimum Gasteiger partial charge on any atom is -0.363 e. The summed E-state index contributed by atoms with van der Waals surface area (Å²) in [5, 5.41) is 4.19. The molecule has 1 aromatic carbocycles. The van der Waals surface area contributed by atoms with E-state index < -0.39 is 0 Å². The molecule has 3 aromatic rings. The molecule has 132 valence electrons. The van der Waals surface area contributed by atoms with E-state index in [2.05, 4.69) is 64.4 Å². The molecule has 0 saturated carbocycles. The minimum atomic E-state index is -0.00729. The van der Waals surface area contributed by atoms with Crippen LogP contribution in [0.15, 0.2) is 67.0 Å². The number of nitrogens with one attached hydrogen (secondary N) is 2. The molecule has 3 heterocycles. The lowest BCUT2D eigenvalue weighted by Gasteiger charge is -2.27. The van der Waals surface area contributed by atoms with E-state index in [-0.39, 0.29) is 12.1 Å². The molecular weight excluding hydrogens is 340 g/mol. The number of nitrogens with zero attached hydrogens (tertiary/aromatic N) is 2. The summed E-state index contributed by atoms with van der Waals surface area (Å²) in [5.41, 5.74) is 4.51. The summed E-state index contributed by atoms with van der Waals surface area (Å²) >= 11 is 5.71. The highest BCUT2D eigenvalue weighted by molar-refractivity contribution is 7.80. The van der Waals surface area contributed by atoms with Gasteiger partial charge in [-0.25, -0.2) is 0 Å². The van der Waals surface area contributed by atoms with E-state index in [0.717, 1.165) is 22.2 Å². The Balaban J connectivity index is 1.76. The molecule has 1 aliphatic rings. The van der Waals surface area contributed by atoms with Crippen LogP contribution in [0.4, 0.5) is 5.69 Å². The number of thiocarbonyl (C=S) groups is 1. The first-order chi connectivity index (χ1) is 12.6. The normalized spacial score (nSPS) is 19.8. The van der Waals surface area contributed by atoms with Gasteiger partial charge in [-0.1, -0.05) is 32.0 Å². The highest BCUT2D eigenvalue weighted by atomic mass is 32.1. The van der Waals surface area contributed by atoms with E-state index in [1.165, 1.54) is 5.56 Å². The first-order valence-electron chi connectivity index (χ1n) is 8.89. The predicted octanol–water partition coefficient (Wildman–Crippen LogP) is 4.71. The van der Waals surface area contributed by atoms with Gasteiger partial charge in [0.05, 0.1) is 11.7 Å². The molecule has 2 aromatic heterocycles. The molecule has 4 rings (SSSR count). The van der Waals surface area contributed by atoms with Crippen LogP contribution in [0.1, 0.15) is 48.8 Å². The Bertz CT molecular complexity index is 872. The second-order valence-corrected chi connectivity index (χ2v) is 7.25. The maximum Gasteiger partial charge on any atom is 0.174 e. The quantitative estimate of drug-likeness (QED) is 0.660. The van der Waals surface area contributed by atoms with E-state index in [0.29, 0.717) is 5.92 Å². The van der Waals surface area contributed by atoms with Crippen molar-refractivity contribution in [2.45, 2.75) is 31.8 Å². The third-order valence-electron chi connectivity index (χ3n) is 4.88. The van der Waals surface area contributed by atoms with Crippen molar-refractivity contribution >= 4 is 23.0 Å². The number of aromatic nitrogens is 2. The fourth-order valence-electron chi connectivity index (χ4n) is 3.50. The first-order valence-corrected chi connectivity index (χ1v) is 9.30. The van der Waals surface area contributed by atoms with E-state index >= 15 is 0 Å². The second kappa shape index (κ2) is 6.92. The van der Waals surface area contributed by atoms with Crippen molar-refractivity contribution in [3.63, 3.8) is 0 Å². The van der Waals surface area contributed by atoms with Gasteiger partial charge in [0.1, 0.15) is 6.04 Å². The molecule has 0 aliphatic carbocycles. The van der Waals surface area contributed by atoms with Crippen LogP contribution in [-0.4, -0.2) is 15.1 Å². The number of benzene rings is 1. The van der Waals surface area contributed by atoms with E-state index in [9.17, 15) is 0 Å². The molecule has 0 unspecified atom stereocenters. The molecule has 0 spiro atoms. The van der Waals surface area contributed by atoms with Gasteiger partial charge in [0.15, 0.2) is 5.11 Å². The predicted molar refractivity (Wildman–Crippen MR) is 109 cm³/mol. The first kappa shape index (κ1) is 16.8. The van der Waals surface area contributed by atoms with Crippen molar-refractivity contribution in [1.82, 2.24) is 15.3 Å².